The number of Topliss-reactive ketones (excluding diaryl/α,β-unsaturated/α-hetero) is 1. The summed E-state index contributed by atoms with van der Waals surface area (Å²) in [5, 5.41) is 0. The number of ether oxygens (including phenoxy) is 2. The zero-order valence-corrected chi connectivity index (χ0v) is 13.2. The van der Waals surface area contributed by atoms with E-state index in [1.165, 1.54) is 0 Å². The van der Waals surface area contributed by atoms with Crippen molar-refractivity contribution in [2.75, 3.05) is 7.11 Å². The molecule has 0 bridgehead atoms. The first-order valence-corrected chi connectivity index (χ1v) is 7.85. The highest BCUT2D eigenvalue weighted by molar-refractivity contribution is 6.00. The Kier molecular flexibility index (Phi) is 4.77. The third kappa shape index (κ3) is 3.81. The maximum atomic E-state index is 12.4. The third-order valence-electron chi connectivity index (χ3n) is 4.02. The normalized spacial score (nSPS) is 19.6. The molecule has 0 saturated heterocycles. The van der Waals surface area contributed by atoms with Crippen LogP contribution in [0.5, 0.6) is 11.5 Å². The average molecular weight is 308 g/mol. The molecule has 0 aromatic heterocycles. The smallest absolute Gasteiger partial charge is 0.162 e. The van der Waals surface area contributed by atoms with Crippen LogP contribution >= 0.6 is 0 Å². The van der Waals surface area contributed by atoms with Gasteiger partial charge in [0, 0.05) is 12.0 Å². The van der Waals surface area contributed by atoms with Crippen LogP contribution in [0.3, 0.4) is 0 Å². The summed E-state index contributed by atoms with van der Waals surface area (Å²) in [6.07, 6.45) is 3.91. The van der Waals surface area contributed by atoms with E-state index in [1.807, 2.05) is 60.7 Å². The standard InChI is InChI=1S/C20H20O3/c1-22-20-10-6-5-7-16(20)13-15-11-12-18(14-19(15)21)23-17-8-3-2-4-9-17/h2-10,13,18H,11-12,14H2,1H3. The van der Waals surface area contributed by atoms with E-state index in [-0.39, 0.29) is 11.9 Å². The summed E-state index contributed by atoms with van der Waals surface area (Å²) in [4.78, 5) is 12.4. The van der Waals surface area contributed by atoms with Gasteiger partial charge >= 0.3 is 0 Å². The van der Waals surface area contributed by atoms with Crippen molar-refractivity contribution in [2.45, 2.75) is 25.4 Å². The van der Waals surface area contributed by atoms with Crippen molar-refractivity contribution in [1.82, 2.24) is 0 Å². The Morgan fingerprint density at radius 2 is 1.78 bits per heavy atom. The summed E-state index contributed by atoms with van der Waals surface area (Å²) in [6, 6.07) is 17.4. The van der Waals surface area contributed by atoms with Gasteiger partial charge in [-0.3, -0.25) is 4.79 Å². The van der Waals surface area contributed by atoms with E-state index in [2.05, 4.69) is 0 Å². The number of benzene rings is 2. The molecule has 1 atom stereocenters. The minimum atomic E-state index is -0.0419. The van der Waals surface area contributed by atoms with Gasteiger partial charge in [0.25, 0.3) is 0 Å². The van der Waals surface area contributed by atoms with Crippen LogP contribution in [0.25, 0.3) is 6.08 Å². The Bertz CT molecular complexity index is 704. The molecule has 0 heterocycles. The van der Waals surface area contributed by atoms with E-state index in [4.69, 9.17) is 9.47 Å². The van der Waals surface area contributed by atoms with Crippen LogP contribution in [0, 0.1) is 0 Å². The van der Waals surface area contributed by atoms with E-state index >= 15 is 0 Å². The first kappa shape index (κ1) is 15.3. The van der Waals surface area contributed by atoms with Gasteiger partial charge < -0.3 is 9.47 Å². The molecule has 0 amide bonds. The highest BCUT2D eigenvalue weighted by Gasteiger charge is 2.25. The maximum Gasteiger partial charge on any atom is 0.162 e. The summed E-state index contributed by atoms with van der Waals surface area (Å²) >= 11 is 0. The molecule has 118 valence electrons. The molecule has 1 fully saturated rings. The summed E-state index contributed by atoms with van der Waals surface area (Å²) < 4.78 is 11.2. The summed E-state index contributed by atoms with van der Waals surface area (Å²) in [5.41, 5.74) is 1.79. The van der Waals surface area contributed by atoms with Gasteiger partial charge in [-0.2, -0.15) is 0 Å². The van der Waals surface area contributed by atoms with Gasteiger partial charge in [-0.25, -0.2) is 0 Å². The molecular formula is C20H20O3. The van der Waals surface area contributed by atoms with Crippen molar-refractivity contribution in [1.29, 1.82) is 0 Å². The van der Waals surface area contributed by atoms with Gasteiger partial charge in [0.2, 0.25) is 0 Å². The molecule has 3 heteroatoms. The van der Waals surface area contributed by atoms with E-state index in [1.54, 1.807) is 7.11 Å². The minimum Gasteiger partial charge on any atom is -0.496 e. The average Bonchev–Trinajstić information content (AvgIpc) is 2.59. The van der Waals surface area contributed by atoms with E-state index in [0.29, 0.717) is 6.42 Å². The van der Waals surface area contributed by atoms with E-state index in [0.717, 1.165) is 35.5 Å². The largest absolute Gasteiger partial charge is 0.496 e. The van der Waals surface area contributed by atoms with Crippen molar-refractivity contribution in [3.63, 3.8) is 0 Å². The van der Waals surface area contributed by atoms with Gasteiger partial charge in [-0.15, -0.1) is 0 Å². The van der Waals surface area contributed by atoms with E-state index < -0.39 is 0 Å². The maximum absolute atomic E-state index is 12.4. The fourth-order valence-electron chi connectivity index (χ4n) is 2.81. The second-order valence-electron chi connectivity index (χ2n) is 5.63. The van der Waals surface area contributed by atoms with E-state index in [9.17, 15) is 4.79 Å². The van der Waals surface area contributed by atoms with Gasteiger partial charge in [0.1, 0.15) is 17.6 Å². The van der Waals surface area contributed by atoms with Crippen LogP contribution in [-0.2, 0) is 4.79 Å². The molecular weight excluding hydrogens is 288 g/mol. The van der Waals surface area contributed by atoms with Crippen molar-refractivity contribution < 1.29 is 14.3 Å². The molecule has 23 heavy (non-hydrogen) atoms. The van der Waals surface area contributed by atoms with Crippen molar-refractivity contribution >= 4 is 11.9 Å². The Morgan fingerprint density at radius 1 is 1.04 bits per heavy atom. The lowest BCUT2D eigenvalue weighted by Gasteiger charge is -2.24. The number of ketones is 1. The second-order valence-corrected chi connectivity index (χ2v) is 5.63. The number of hydrogen-bond acceptors (Lipinski definition) is 3. The summed E-state index contributed by atoms with van der Waals surface area (Å²) in [7, 11) is 1.64. The molecule has 1 aliphatic rings. The lowest BCUT2D eigenvalue weighted by Crippen LogP contribution is -2.26. The van der Waals surface area contributed by atoms with Crippen LogP contribution in [-0.4, -0.2) is 19.0 Å². The second kappa shape index (κ2) is 7.14. The predicted octanol–water partition coefficient (Wildman–Crippen LogP) is 4.28. The summed E-state index contributed by atoms with van der Waals surface area (Å²) in [5.74, 6) is 1.76. The fraction of sp³-hybridized carbons (Fsp3) is 0.250. The predicted molar refractivity (Wildman–Crippen MR) is 90.7 cm³/mol. The number of carbonyl (C=O) groups excluding carboxylic acids is 1. The quantitative estimate of drug-likeness (QED) is 0.791. The Morgan fingerprint density at radius 3 is 2.52 bits per heavy atom. The lowest BCUT2D eigenvalue weighted by atomic mass is 9.90. The number of carbonyl (C=O) groups is 1. The van der Waals surface area contributed by atoms with Gasteiger partial charge in [-0.1, -0.05) is 36.4 Å². The molecule has 3 rings (SSSR count). The Balaban J connectivity index is 1.69. The SMILES string of the molecule is COc1ccccc1C=C1CCC(Oc2ccccc2)CC1=O. The van der Waals surface area contributed by atoms with Crippen LogP contribution in [0.2, 0.25) is 0 Å². The molecule has 1 aliphatic carbocycles. The Labute approximate surface area is 136 Å². The first-order chi connectivity index (χ1) is 11.3. The van der Waals surface area contributed by atoms with Gasteiger partial charge in [-0.05, 0) is 42.7 Å². The van der Waals surface area contributed by atoms with Crippen molar-refractivity contribution in [2.24, 2.45) is 0 Å². The first-order valence-electron chi connectivity index (χ1n) is 7.85. The summed E-state index contributed by atoms with van der Waals surface area (Å²) in [6.45, 7) is 0. The van der Waals surface area contributed by atoms with Crippen molar-refractivity contribution in [3.05, 3.63) is 65.7 Å². The molecule has 3 nitrogen and oxygen atoms in total. The fourth-order valence-corrected chi connectivity index (χ4v) is 2.81. The zero-order valence-electron chi connectivity index (χ0n) is 13.2. The van der Waals surface area contributed by atoms with Gasteiger partial charge in [0.15, 0.2) is 5.78 Å². The number of rotatable bonds is 4. The molecule has 2 aromatic carbocycles. The number of hydrogen-bond donors (Lipinski definition) is 0. The van der Waals surface area contributed by atoms with Crippen LogP contribution in [0.15, 0.2) is 60.2 Å². The highest BCUT2D eigenvalue weighted by Crippen LogP contribution is 2.28. The Hall–Kier alpha value is -2.55. The zero-order chi connectivity index (χ0) is 16.1. The third-order valence-corrected chi connectivity index (χ3v) is 4.02. The molecule has 1 unspecified atom stereocenters. The number of methoxy groups -OCH3 is 1. The van der Waals surface area contributed by atoms with Crippen LogP contribution in [0.4, 0.5) is 0 Å². The molecule has 0 aliphatic heterocycles. The minimum absolute atomic E-state index is 0.0419. The number of para-hydroxylation sites is 2. The molecule has 0 radical (unpaired) electrons. The molecule has 2 aromatic rings. The molecule has 0 spiro atoms. The van der Waals surface area contributed by atoms with Crippen LogP contribution in [0.1, 0.15) is 24.8 Å². The molecule has 1 saturated carbocycles. The van der Waals surface area contributed by atoms with Gasteiger partial charge in [0.05, 0.1) is 7.11 Å². The van der Waals surface area contributed by atoms with Crippen LogP contribution < -0.4 is 9.47 Å². The lowest BCUT2D eigenvalue weighted by molar-refractivity contribution is -0.118. The van der Waals surface area contributed by atoms with Crippen molar-refractivity contribution in [3.8, 4) is 11.5 Å². The highest BCUT2D eigenvalue weighted by atomic mass is 16.5. The number of allylic oxidation sites excluding steroid dienone is 1. The monoisotopic (exact) mass is 308 g/mol. The topological polar surface area (TPSA) is 35.5 Å². The molecule has 0 N–H and O–H groups in total.